The average molecular weight is 282 g/mol. The minimum Gasteiger partial charge on any atom is -0.389 e. The molecule has 1 aromatic rings. The van der Waals surface area contributed by atoms with Crippen LogP contribution in [0.4, 0.5) is 5.82 Å². The maximum absolute atomic E-state index is 5.79. The van der Waals surface area contributed by atoms with Crippen LogP contribution in [0, 0.1) is 12.8 Å². The number of aryl methyl sites for hydroxylation is 2. The molecule has 0 amide bonds. The molecule has 5 heteroatoms. The van der Waals surface area contributed by atoms with Gasteiger partial charge in [-0.1, -0.05) is 45.3 Å². The lowest BCUT2D eigenvalue weighted by Gasteiger charge is -2.17. The maximum Gasteiger partial charge on any atom is 0.134 e. The second kappa shape index (κ2) is 7.48. The maximum atomic E-state index is 5.79. The molecule has 1 heterocycles. The van der Waals surface area contributed by atoms with E-state index in [4.69, 9.17) is 18.0 Å². The Hall–Kier alpha value is -1.10. The van der Waals surface area contributed by atoms with Crippen molar-refractivity contribution in [3.05, 3.63) is 11.3 Å². The van der Waals surface area contributed by atoms with Crippen molar-refractivity contribution in [2.45, 2.75) is 46.5 Å². The minimum absolute atomic E-state index is 0.412. The first kappa shape index (κ1) is 16.0. The molecule has 1 atom stereocenters. The first-order valence-corrected chi connectivity index (χ1v) is 7.49. The summed E-state index contributed by atoms with van der Waals surface area (Å²) in [6.45, 7) is 7.36. The van der Waals surface area contributed by atoms with E-state index in [1.807, 2.05) is 18.7 Å². The van der Waals surface area contributed by atoms with Crippen LogP contribution in [0.1, 0.15) is 50.8 Å². The predicted molar refractivity (Wildman–Crippen MR) is 85.6 cm³/mol. The SMILES string of the molecule is CCCCC(CC)CNc1c(C(N)=S)c(C)nn1C. The monoisotopic (exact) mass is 282 g/mol. The number of nitrogens with one attached hydrogen (secondary N) is 1. The number of hydrogen-bond acceptors (Lipinski definition) is 3. The third kappa shape index (κ3) is 4.20. The molecule has 1 rings (SSSR count). The molecule has 0 saturated carbocycles. The second-order valence-electron chi connectivity index (χ2n) is 5.09. The lowest BCUT2D eigenvalue weighted by atomic mass is 9.99. The van der Waals surface area contributed by atoms with Gasteiger partial charge in [0.2, 0.25) is 0 Å². The van der Waals surface area contributed by atoms with E-state index in [0.717, 1.165) is 23.6 Å². The summed E-state index contributed by atoms with van der Waals surface area (Å²) < 4.78 is 1.83. The molecule has 4 nitrogen and oxygen atoms in total. The fraction of sp³-hybridized carbons (Fsp3) is 0.714. The molecule has 3 N–H and O–H groups in total. The standard InChI is InChI=1S/C14H26N4S/c1-5-7-8-11(6-2)9-16-14-12(13(15)19)10(3)17-18(14)4/h11,16H,5-9H2,1-4H3,(H2,15,19). The van der Waals surface area contributed by atoms with Gasteiger partial charge >= 0.3 is 0 Å². The summed E-state index contributed by atoms with van der Waals surface area (Å²) in [5, 5.41) is 7.86. The van der Waals surface area contributed by atoms with Crippen molar-refractivity contribution in [1.82, 2.24) is 9.78 Å². The van der Waals surface area contributed by atoms with Crippen LogP contribution >= 0.6 is 12.2 Å². The van der Waals surface area contributed by atoms with Crippen molar-refractivity contribution in [3.63, 3.8) is 0 Å². The highest BCUT2D eigenvalue weighted by Crippen LogP contribution is 2.20. The molecule has 0 aliphatic rings. The van der Waals surface area contributed by atoms with Gasteiger partial charge in [0.15, 0.2) is 0 Å². The highest BCUT2D eigenvalue weighted by atomic mass is 32.1. The molecule has 0 aromatic carbocycles. The Kier molecular flexibility index (Phi) is 6.28. The first-order valence-electron chi connectivity index (χ1n) is 7.08. The molecule has 0 aliphatic carbocycles. The van der Waals surface area contributed by atoms with Gasteiger partial charge in [0, 0.05) is 13.6 Å². The van der Waals surface area contributed by atoms with Crippen molar-refractivity contribution in [1.29, 1.82) is 0 Å². The van der Waals surface area contributed by atoms with Crippen molar-refractivity contribution in [2.24, 2.45) is 18.7 Å². The van der Waals surface area contributed by atoms with Crippen LogP contribution in [0.2, 0.25) is 0 Å². The summed E-state index contributed by atoms with van der Waals surface area (Å²) in [5.74, 6) is 1.63. The van der Waals surface area contributed by atoms with Gasteiger partial charge in [-0.05, 0) is 19.3 Å². The van der Waals surface area contributed by atoms with E-state index in [2.05, 4.69) is 24.3 Å². The summed E-state index contributed by atoms with van der Waals surface area (Å²) >= 11 is 5.11. The summed E-state index contributed by atoms with van der Waals surface area (Å²) in [6, 6.07) is 0. The molecule has 0 spiro atoms. The smallest absolute Gasteiger partial charge is 0.134 e. The van der Waals surface area contributed by atoms with Crippen LogP contribution in [0.15, 0.2) is 0 Å². The molecule has 108 valence electrons. The predicted octanol–water partition coefficient (Wildman–Crippen LogP) is 2.99. The van der Waals surface area contributed by atoms with E-state index >= 15 is 0 Å². The van der Waals surface area contributed by atoms with Crippen molar-refractivity contribution < 1.29 is 0 Å². The van der Waals surface area contributed by atoms with Gasteiger partial charge in [0.25, 0.3) is 0 Å². The van der Waals surface area contributed by atoms with Crippen LogP contribution in [-0.4, -0.2) is 21.3 Å². The zero-order chi connectivity index (χ0) is 14.4. The van der Waals surface area contributed by atoms with Crippen LogP contribution in [0.5, 0.6) is 0 Å². The zero-order valence-corrected chi connectivity index (χ0v) is 13.3. The Labute approximate surface area is 121 Å². The number of thiocarbonyl (C=S) groups is 1. The molecule has 1 unspecified atom stereocenters. The Balaban J connectivity index is 2.73. The summed E-state index contributed by atoms with van der Waals surface area (Å²) in [5.41, 5.74) is 7.55. The minimum atomic E-state index is 0.412. The van der Waals surface area contributed by atoms with Crippen LogP contribution in [0.25, 0.3) is 0 Å². The Morgan fingerprint density at radius 2 is 2.16 bits per heavy atom. The Morgan fingerprint density at radius 3 is 2.68 bits per heavy atom. The molecule has 1 aromatic heterocycles. The van der Waals surface area contributed by atoms with E-state index in [1.54, 1.807) is 0 Å². The molecule has 0 saturated heterocycles. The van der Waals surface area contributed by atoms with E-state index in [1.165, 1.54) is 25.7 Å². The lowest BCUT2D eigenvalue weighted by Crippen LogP contribution is -2.19. The number of hydrogen-bond donors (Lipinski definition) is 2. The van der Waals surface area contributed by atoms with Gasteiger partial charge in [0.05, 0.1) is 11.3 Å². The molecule has 0 radical (unpaired) electrons. The number of unbranched alkanes of at least 4 members (excludes halogenated alkanes) is 1. The van der Waals surface area contributed by atoms with Crippen molar-refractivity contribution in [3.8, 4) is 0 Å². The number of anilines is 1. The number of rotatable bonds is 8. The van der Waals surface area contributed by atoms with Crippen molar-refractivity contribution in [2.75, 3.05) is 11.9 Å². The average Bonchev–Trinajstić information content (AvgIpc) is 2.64. The third-order valence-electron chi connectivity index (χ3n) is 3.57. The van der Waals surface area contributed by atoms with E-state index in [-0.39, 0.29) is 0 Å². The zero-order valence-electron chi connectivity index (χ0n) is 12.5. The van der Waals surface area contributed by atoms with Crippen LogP contribution in [-0.2, 0) is 7.05 Å². The van der Waals surface area contributed by atoms with Crippen LogP contribution in [0.3, 0.4) is 0 Å². The molecule has 19 heavy (non-hydrogen) atoms. The molecular weight excluding hydrogens is 256 g/mol. The largest absolute Gasteiger partial charge is 0.389 e. The van der Waals surface area contributed by atoms with Gasteiger partial charge in [0.1, 0.15) is 10.8 Å². The van der Waals surface area contributed by atoms with Gasteiger partial charge in [-0.2, -0.15) is 5.10 Å². The fourth-order valence-corrected chi connectivity index (χ4v) is 2.58. The van der Waals surface area contributed by atoms with E-state index in [0.29, 0.717) is 10.9 Å². The first-order chi connectivity index (χ1) is 9.01. The summed E-state index contributed by atoms with van der Waals surface area (Å²) in [6.07, 6.45) is 4.98. The fourth-order valence-electron chi connectivity index (χ4n) is 2.34. The summed E-state index contributed by atoms with van der Waals surface area (Å²) in [7, 11) is 1.92. The second-order valence-corrected chi connectivity index (χ2v) is 5.53. The molecule has 0 fully saturated rings. The van der Waals surface area contributed by atoms with Crippen LogP contribution < -0.4 is 11.1 Å². The third-order valence-corrected chi connectivity index (χ3v) is 3.77. The number of aromatic nitrogens is 2. The number of nitrogens with zero attached hydrogens (tertiary/aromatic N) is 2. The highest BCUT2D eigenvalue weighted by molar-refractivity contribution is 7.80. The quantitative estimate of drug-likeness (QED) is 0.720. The van der Waals surface area contributed by atoms with E-state index < -0.39 is 0 Å². The molecule has 0 bridgehead atoms. The Morgan fingerprint density at radius 1 is 1.47 bits per heavy atom. The van der Waals surface area contributed by atoms with Gasteiger partial charge in [-0.15, -0.1) is 0 Å². The van der Waals surface area contributed by atoms with Gasteiger partial charge < -0.3 is 11.1 Å². The van der Waals surface area contributed by atoms with Crippen molar-refractivity contribution >= 4 is 23.0 Å². The van der Waals surface area contributed by atoms with Gasteiger partial charge in [-0.3, -0.25) is 4.68 Å². The Bertz CT molecular complexity index is 425. The summed E-state index contributed by atoms with van der Waals surface area (Å²) in [4.78, 5) is 0.412. The van der Waals surface area contributed by atoms with E-state index in [9.17, 15) is 0 Å². The normalized spacial score (nSPS) is 12.4. The topological polar surface area (TPSA) is 55.9 Å². The number of nitrogens with two attached hydrogens (primary N) is 1. The molecule has 0 aliphatic heterocycles. The molecular formula is C14H26N4S. The lowest BCUT2D eigenvalue weighted by molar-refractivity contribution is 0.471. The van der Waals surface area contributed by atoms with Gasteiger partial charge in [-0.25, -0.2) is 0 Å². The highest BCUT2D eigenvalue weighted by Gasteiger charge is 2.16.